The Morgan fingerprint density at radius 2 is 2.00 bits per heavy atom. The highest BCUT2D eigenvalue weighted by molar-refractivity contribution is 5.75. The first-order valence-electron chi connectivity index (χ1n) is 7.42. The fourth-order valence-electron chi connectivity index (χ4n) is 3.16. The number of carboxylic acids is 1. The van der Waals surface area contributed by atoms with E-state index in [1.807, 2.05) is 19.0 Å². The zero-order valence-electron chi connectivity index (χ0n) is 12.3. The lowest BCUT2D eigenvalue weighted by atomic mass is 10.1. The summed E-state index contributed by atoms with van der Waals surface area (Å²) >= 11 is 0. The number of likely N-dealkylation sites (tertiary alicyclic amines) is 1. The van der Waals surface area contributed by atoms with Crippen molar-refractivity contribution in [2.45, 2.75) is 44.2 Å². The Labute approximate surface area is 120 Å². The topological polar surface area (TPSA) is 72.9 Å². The predicted octanol–water partition coefficient (Wildman–Crippen LogP) is 0.975. The SMILES string of the molecule is CN(C)C1CCCN(C(=O)N[C@H]2CC[C@@H](C(=O)O)C2)C1. The van der Waals surface area contributed by atoms with Crippen molar-refractivity contribution in [1.29, 1.82) is 0 Å². The molecule has 20 heavy (non-hydrogen) atoms. The molecule has 6 nitrogen and oxygen atoms in total. The number of likely N-dealkylation sites (N-methyl/N-ethyl adjacent to an activating group) is 1. The van der Waals surface area contributed by atoms with Crippen LogP contribution in [0.1, 0.15) is 32.1 Å². The number of carboxylic acid groups (broad SMARTS) is 1. The van der Waals surface area contributed by atoms with Gasteiger partial charge in [-0.3, -0.25) is 4.79 Å². The van der Waals surface area contributed by atoms with E-state index in [-0.39, 0.29) is 18.0 Å². The van der Waals surface area contributed by atoms with Gasteiger partial charge in [-0.2, -0.15) is 0 Å². The van der Waals surface area contributed by atoms with Crippen LogP contribution in [0.5, 0.6) is 0 Å². The molecule has 2 fully saturated rings. The van der Waals surface area contributed by atoms with Gasteiger partial charge in [-0.1, -0.05) is 0 Å². The van der Waals surface area contributed by atoms with Crippen LogP contribution in [-0.4, -0.2) is 66.2 Å². The summed E-state index contributed by atoms with van der Waals surface area (Å²) in [6, 6.07) is 0.403. The van der Waals surface area contributed by atoms with Gasteiger partial charge >= 0.3 is 12.0 Å². The molecule has 0 aromatic carbocycles. The largest absolute Gasteiger partial charge is 0.481 e. The molecule has 3 atom stereocenters. The van der Waals surface area contributed by atoms with Gasteiger partial charge in [0.05, 0.1) is 5.92 Å². The Morgan fingerprint density at radius 1 is 1.25 bits per heavy atom. The van der Waals surface area contributed by atoms with Crippen molar-refractivity contribution in [3.63, 3.8) is 0 Å². The van der Waals surface area contributed by atoms with Gasteiger partial charge in [-0.05, 0) is 46.2 Å². The van der Waals surface area contributed by atoms with Crippen LogP contribution in [0.2, 0.25) is 0 Å². The second kappa shape index (κ2) is 6.43. The highest BCUT2D eigenvalue weighted by Crippen LogP contribution is 2.26. The number of hydrogen-bond acceptors (Lipinski definition) is 3. The number of urea groups is 1. The van der Waals surface area contributed by atoms with Crippen molar-refractivity contribution in [3.05, 3.63) is 0 Å². The van der Waals surface area contributed by atoms with Crippen LogP contribution in [0.3, 0.4) is 0 Å². The zero-order chi connectivity index (χ0) is 14.7. The highest BCUT2D eigenvalue weighted by Gasteiger charge is 2.32. The summed E-state index contributed by atoms with van der Waals surface area (Å²) in [4.78, 5) is 27.2. The van der Waals surface area contributed by atoms with Gasteiger partial charge in [0.15, 0.2) is 0 Å². The number of carbonyl (C=O) groups is 2. The standard InChI is InChI=1S/C14H25N3O3/c1-16(2)12-4-3-7-17(9-12)14(20)15-11-6-5-10(8-11)13(18)19/h10-12H,3-9H2,1-2H3,(H,15,20)(H,18,19)/t10-,11+,12?/m1/s1. The molecule has 2 rings (SSSR count). The maximum absolute atomic E-state index is 12.2. The number of rotatable bonds is 3. The number of carbonyl (C=O) groups excluding carboxylic acids is 1. The van der Waals surface area contributed by atoms with Gasteiger partial charge in [0.2, 0.25) is 0 Å². The lowest BCUT2D eigenvalue weighted by Gasteiger charge is -2.36. The molecule has 114 valence electrons. The minimum Gasteiger partial charge on any atom is -0.481 e. The molecule has 0 aromatic rings. The van der Waals surface area contributed by atoms with Crippen molar-refractivity contribution >= 4 is 12.0 Å². The Balaban J connectivity index is 1.81. The van der Waals surface area contributed by atoms with Gasteiger partial charge in [0.25, 0.3) is 0 Å². The van der Waals surface area contributed by atoms with Crippen LogP contribution in [-0.2, 0) is 4.79 Å². The number of hydrogen-bond donors (Lipinski definition) is 2. The number of aliphatic carboxylic acids is 1. The van der Waals surface area contributed by atoms with E-state index in [0.29, 0.717) is 18.9 Å². The average molecular weight is 283 g/mol. The minimum atomic E-state index is -0.743. The molecule has 1 heterocycles. The molecule has 6 heteroatoms. The van der Waals surface area contributed by atoms with E-state index in [1.165, 1.54) is 0 Å². The van der Waals surface area contributed by atoms with Crippen molar-refractivity contribution in [2.24, 2.45) is 5.92 Å². The molecule has 0 bridgehead atoms. The van der Waals surface area contributed by atoms with Gasteiger partial charge in [0, 0.05) is 25.2 Å². The number of nitrogens with one attached hydrogen (secondary N) is 1. The summed E-state index contributed by atoms with van der Waals surface area (Å²) in [5, 5.41) is 12.0. The smallest absolute Gasteiger partial charge is 0.317 e. The van der Waals surface area contributed by atoms with E-state index in [4.69, 9.17) is 5.11 Å². The number of piperidine rings is 1. The molecule has 2 N–H and O–H groups in total. The molecule has 2 amide bonds. The van der Waals surface area contributed by atoms with E-state index < -0.39 is 5.97 Å². The third-order valence-corrected chi connectivity index (χ3v) is 4.52. The number of amides is 2. The van der Waals surface area contributed by atoms with Crippen molar-refractivity contribution in [3.8, 4) is 0 Å². The first-order valence-corrected chi connectivity index (χ1v) is 7.42. The van der Waals surface area contributed by atoms with E-state index in [0.717, 1.165) is 32.4 Å². The average Bonchev–Trinajstić information content (AvgIpc) is 2.87. The molecule has 1 saturated carbocycles. The van der Waals surface area contributed by atoms with Crippen LogP contribution in [0.4, 0.5) is 4.79 Å². The molecule has 2 aliphatic rings. The molecule has 1 saturated heterocycles. The quantitative estimate of drug-likeness (QED) is 0.809. The molecule has 0 radical (unpaired) electrons. The van der Waals surface area contributed by atoms with E-state index in [1.54, 1.807) is 0 Å². The summed E-state index contributed by atoms with van der Waals surface area (Å²) in [6.07, 6.45) is 4.15. The summed E-state index contributed by atoms with van der Waals surface area (Å²) in [7, 11) is 4.08. The van der Waals surface area contributed by atoms with Crippen LogP contribution in [0.15, 0.2) is 0 Å². The zero-order valence-corrected chi connectivity index (χ0v) is 12.3. The predicted molar refractivity (Wildman–Crippen MR) is 75.6 cm³/mol. The second-order valence-corrected chi connectivity index (χ2v) is 6.20. The first kappa shape index (κ1) is 15.1. The van der Waals surface area contributed by atoms with E-state index in [9.17, 15) is 9.59 Å². The molecule has 1 aliphatic carbocycles. The fourth-order valence-corrected chi connectivity index (χ4v) is 3.16. The van der Waals surface area contributed by atoms with Crippen LogP contribution in [0.25, 0.3) is 0 Å². The molecular weight excluding hydrogens is 258 g/mol. The normalized spacial score (nSPS) is 30.6. The van der Waals surface area contributed by atoms with Crippen LogP contribution in [0, 0.1) is 5.92 Å². The molecule has 0 aromatic heterocycles. The maximum atomic E-state index is 12.2. The Kier molecular flexibility index (Phi) is 4.86. The van der Waals surface area contributed by atoms with Crippen LogP contribution >= 0.6 is 0 Å². The van der Waals surface area contributed by atoms with Crippen molar-refractivity contribution < 1.29 is 14.7 Å². The number of nitrogens with zero attached hydrogens (tertiary/aromatic N) is 2. The minimum absolute atomic E-state index is 0.0170. The lowest BCUT2D eigenvalue weighted by molar-refractivity contribution is -0.141. The van der Waals surface area contributed by atoms with Crippen LogP contribution < -0.4 is 5.32 Å². The monoisotopic (exact) mass is 283 g/mol. The lowest BCUT2D eigenvalue weighted by Crippen LogP contribution is -2.52. The highest BCUT2D eigenvalue weighted by atomic mass is 16.4. The molecule has 0 spiro atoms. The Morgan fingerprint density at radius 3 is 2.60 bits per heavy atom. The molecule has 1 unspecified atom stereocenters. The Bertz CT molecular complexity index is 373. The molecular formula is C14H25N3O3. The fraction of sp³-hybridized carbons (Fsp3) is 0.857. The van der Waals surface area contributed by atoms with Gasteiger partial charge in [-0.15, -0.1) is 0 Å². The maximum Gasteiger partial charge on any atom is 0.317 e. The first-order chi connectivity index (χ1) is 9.47. The van der Waals surface area contributed by atoms with E-state index >= 15 is 0 Å². The van der Waals surface area contributed by atoms with E-state index in [2.05, 4.69) is 10.2 Å². The van der Waals surface area contributed by atoms with Gasteiger partial charge in [-0.25, -0.2) is 4.79 Å². The summed E-state index contributed by atoms with van der Waals surface area (Å²) in [5.74, 6) is -1.04. The second-order valence-electron chi connectivity index (χ2n) is 6.20. The summed E-state index contributed by atoms with van der Waals surface area (Å²) in [6.45, 7) is 1.55. The van der Waals surface area contributed by atoms with Crippen molar-refractivity contribution in [1.82, 2.24) is 15.1 Å². The Hall–Kier alpha value is -1.30. The van der Waals surface area contributed by atoms with Gasteiger partial charge in [0.1, 0.15) is 0 Å². The third-order valence-electron chi connectivity index (χ3n) is 4.52. The van der Waals surface area contributed by atoms with Gasteiger partial charge < -0.3 is 20.2 Å². The molecule has 1 aliphatic heterocycles. The third kappa shape index (κ3) is 3.62. The summed E-state index contributed by atoms with van der Waals surface area (Å²) < 4.78 is 0. The van der Waals surface area contributed by atoms with Crippen molar-refractivity contribution in [2.75, 3.05) is 27.2 Å². The summed E-state index contributed by atoms with van der Waals surface area (Å²) in [5.41, 5.74) is 0.